The van der Waals surface area contributed by atoms with Crippen LogP contribution in [0.2, 0.25) is 0 Å². The number of benzene rings is 4. The number of β-amino-alcohol motifs (C(OH)–C–C–N with tert-alkyl or cyclic N) is 1. The molecule has 0 unspecified atom stereocenters. The van der Waals surface area contributed by atoms with Crippen molar-refractivity contribution in [1.29, 1.82) is 0 Å². The molecule has 16 nitrogen and oxygen atoms in total. The molecule has 2 aromatic heterocycles. The number of hydrogen-bond donors (Lipinski definition) is 4. The van der Waals surface area contributed by atoms with Crippen LogP contribution in [-0.2, 0) is 39.9 Å². The van der Waals surface area contributed by atoms with Gasteiger partial charge in [-0.2, -0.15) is 0 Å². The zero-order valence-electron chi connectivity index (χ0n) is 41.1. The first-order valence-corrected chi connectivity index (χ1v) is 25.4. The number of thiophene rings is 1. The number of carbonyl (C=O) groups is 4. The van der Waals surface area contributed by atoms with Crippen LogP contribution in [0.4, 0.5) is 0 Å². The highest BCUT2D eigenvalue weighted by Crippen LogP contribution is 2.42. The molecule has 6 aromatic rings. The van der Waals surface area contributed by atoms with Gasteiger partial charge < -0.3 is 54.2 Å². The topological polar surface area (TPSA) is 204 Å². The molecule has 0 saturated carbocycles. The molecular weight excluding hydrogens is 961 g/mol. The van der Waals surface area contributed by atoms with Gasteiger partial charge in [0.25, 0.3) is 0 Å². The number of amides is 3. The number of aliphatic hydroxyl groups is 1. The molecule has 0 spiro atoms. The predicted molar refractivity (Wildman–Crippen MR) is 276 cm³/mol. The van der Waals surface area contributed by atoms with Crippen LogP contribution in [0.15, 0.2) is 96.5 Å². The lowest BCUT2D eigenvalue weighted by Gasteiger charge is -2.35. The molecule has 18 heteroatoms. The standard InChI is InChI=1S/C54H62N4O12S2/c1-34-49(71-33-56-34)37-8-6-35(7-9-37)30-55-52(63)44-28-40(60)31-58(44)53(64)51(54(2,3)4)57-46(61)32-69-25-24-67-21-20-66-22-23-68-26-27-70-41-16-12-36(13-17-41)48(62)47-43-19-18-42(65-5)29-45(43)72-50(47)38-10-14-39(59)15-11-38/h6-19,29,33,40,44,51,59-60H,20-28,30-32H2,1-5H3,(H,55,63)(H,57,61)/t40-,44+,51-/m1/s1. The Kier molecular flexibility index (Phi) is 18.9. The lowest BCUT2D eigenvalue weighted by molar-refractivity contribution is -0.144. The number of rotatable bonds is 25. The van der Waals surface area contributed by atoms with Gasteiger partial charge in [0, 0.05) is 45.6 Å². The highest BCUT2D eigenvalue weighted by atomic mass is 32.1. The van der Waals surface area contributed by atoms with Gasteiger partial charge in [-0.05, 0) is 95.8 Å². The van der Waals surface area contributed by atoms with Crippen molar-refractivity contribution in [1.82, 2.24) is 20.5 Å². The number of aryl methyl sites for hydroxylation is 1. The fourth-order valence-corrected chi connectivity index (χ4v) is 10.2. The van der Waals surface area contributed by atoms with Crippen LogP contribution in [-0.4, -0.2) is 135 Å². The van der Waals surface area contributed by atoms with Crippen LogP contribution in [0.25, 0.3) is 31.0 Å². The van der Waals surface area contributed by atoms with Crippen LogP contribution in [0, 0.1) is 12.3 Å². The van der Waals surface area contributed by atoms with Crippen LogP contribution in [0.5, 0.6) is 17.2 Å². The Morgan fingerprint density at radius 3 is 2.03 bits per heavy atom. The fourth-order valence-electron chi connectivity index (χ4n) is 8.12. The smallest absolute Gasteiger partial charge is 0.246 e. The number of carbonyl (C=O) groups excluding carboxylic acids is 4. The number of aromatic hydroxyl groups is 1. The van der Waals surface area contributed by atoms with Gasteiger partial charge in [0.2, 0.25) is 17.7 Å². The number of methoxy groups -OCH3 is 1. The second-order valence-corrected chi connectivity index (χ2v) is 20.2. The minimum absolute atomic E-state index is 0.0242. The first kappa shape index (κ1) is 53.5. The van der Waals surface area contributed by atoms with Crippen molar-refractivity contribution in [2.45, 2.75) is 58.8 Å². The number of aromatic nitrogens is 1. The van der Waals surface area contributed by atoms with E-state index >= 15 is 0 Å². The first-order chi connectivity index (χ1) is 34.7. The molecule has 1 fully saturated rings. The summed E-state index contributed by atoms with van der Waals surface area (Å²) in [6.07, 6.45) is -0.789. The lowest BCUT2D eigenvalue weighted by Crippen LogP contribution is -2.58. The molecule has 0 radical (unpaired) electrons. The number of likely N-dealkylation sites (tertiary alicyclic amines) is 1. The lowest BCUT2D eigenvalue weighted by atomic mass is 9.85. The van der Waals surface area contributed by atoms with Crippen LogP contribution < -0.4 is 20.1 Å². The summed E-state index contributed by atoms with van der Waals surface area (Å²) in [5.74, 6) is 0.00241. The molecule has 3 heterocycles. The summed E-state index contributed by atoms with van der Waals surface area (Å²) >= 11 is 3.07. The Morgan fingerprint density at radius 2 is 1.40 bits per heavy atom. The zero-order valence-corrected chi connectivity index (χ0v) is 42.8. The number of aliphatic hydroxyl groups excluding tert-OH is 1. The SMILES string of the molecule is COc1ccc2c(C(=O)c3ccc(OCCOCCOCCOCCOCC(=O)N[C@H](C(=O)N4C[C@H](O)C[C@H]4C(=O)NCc4ccc(-c5scnc5C)cc4)C(C)(C)C)cc3)c(-c3ccc(O)cc3)sc2c1. The van der Waals surface area contributed by atoms with Crippen molar-refractivity contribution < 1.29 is 57.8 Å². The van der Waals surface area contributed by atoms with Crippen molar-refractivity contribution >= 4 is 56.3 Å². The van der Waals surface area contributed by atoms with E-state index in [1.165, 1.54) is 16.2 Å². The average Bonchev–Trinajstić information content (AvgIpc) is 4.10. The molecule has 3 amide bonds. The molecule has 4 N–H and O–H groups in total. The number of nitrogens with one attached hydrogen (secondary N) is 2. The number of ether oxygens (including phenoxy) is 6. The molecule has 72 heavy (non-hydrogen) atoms. The highest BCUT2D eigenvalue weighted by Gasteiger charge is 2.44. The summed E-state index contributed by atoms with van der Waals surface area (Å²) in [5, 5.41) is 26.9. The second kappa shape index (κ2) is 25.4. The summed E-state index contributed by atoms with van der Waals surface area (Å²) in [6.45, 7) is 9.71. The van der Waals surface area contributed by atoms with E-state index in [-0.39, 0.29) is 56.8 Å². The largest absolute Gasteiger partial charge is 0.508 e. The third kappa shape index (κ3) is 14.2. The Labute approximate surface area is 427 Å². The quantitative estimate of drug-likeness (QED) is 0.0331. The number of phenolic OH excluding ortho intramolecular Hbond substituents is 1. The van der Waals surface area contributed by atoms with E-state index in [2.05, 4.69) is 15.6 Å². The van der Waals surface area contributed by atoms with Crippen molar-refractivity contribution in [3.8, 4) is 38.1 Å². The van der Waals surface area contributed by atoms with E-state index in [0.717, 1.165) is 42.2 Å². The Balaban J connectivity index is 0.742. The molecule has 1 saturated heterocycles. The molecule has 382 valence electrons. The van der Waals surface area contributed by atoms with Gasteiger partial charge in [0.15, 0.2) is 5.78 Å². The summed E-state index contributed by atoms with van der Waals surface area (Å²) in [6, 6.07) is 25.5. The minimum Gasteiger partial charge on any atom is -0.508 e. The maximum absolute atomic E-state index is 14.0. The monoisotopic (exact) mass is 1020 g/mol. The van der Waals surface area contributed by atoms with E-state index in [0.29, 0.717) is 62.3 Å². The van der Waals surface area contributed by atoms with E-state index in [4.69, 9.17) is 28.4 Å². The van der Waals surface area contributed by atoms with Gasteiger partial charge in [-0.15, -0.1) is 22.7 Å². The Hall–Kier alpha value is -6.25. The van der Waals surface area contributed by atoms with E-state index in [1.54, 1.807) is 67.0 Å². The number of fused-ring (bicyclic) bond motifs is 1. The maximum Gasteiger partial charge on any atom is 0.246 e. The van der Waals surface area contributed by atoms with Gasteiger partial charge in [-0.1, -0.05) is 45.0 Å². The Bertz CT molecular complexity index is 2750. The number of ketones is 1. The molecule has 0 aliphatic carbocycles. The van der Waals surface area contributed by atoms with Gasteiger partial charge in [0.1, 0.15) is 42.5 Å². The van der Waals surface area contributed by atoms with Gasteiger partial charge in [-0.3, -0.25) is 19.2 Å². The number of nitrogens with zero attached hydrogens (tertiary/aromatic N) is 2. The third-order valence-electron chi connectivity index (χ3n) is 11.9. The van der Waals surface area contributed by atoms with Crippen LogP contribution in [0.1, 0.15) is 54.4 Å². The normalized spacial score (nSPS) is 15.1. The first-order valence-electron chi connectivity index (χ1n) is 23.7. The summed E-state index contributed by atoms with van der Waals surface area (Å²) < 4.78 is 34.5. The summed E-state index contributed by atoms with van der Waals surface area (Å²) in [7, 11) is 1.61. The highest BCUT2D eigenvalue weighted by molar-refractivity contribution is 7.22. The zero-order chi connectivity index (χ0) is 51.2. The van der Waals surface area contributed by atoms with Crippen LogP contribution >= 0.6 is 22.7 Å². The Morgan fingerprint density at radius 1 is 0.792 bits per heavy atom. The predicted octanol–water partition coefficient (Wildman–Crippen LogP) is 7.20. The van der Waals surface area contributed by atoms with Gasteiger partial charge >= 0.3 is 0 Å². The number of hydrogen-bond acceptors (Lipinski definition) is 15. The van der Waals surface area contributed by atoms with Crippen molar-refractivity contribution in [3.05, 3.63) is 119 Å². The molecule has 1 aliphatic rings. The molecule has 3 atom stereocenters. The molecular formula is C54H62N4O12S2. The molecule has 7 rings (SSSR count). The van der Waals surface area contributed by atoms with E-state index in [1.807, 2.05) is 75.7 Å². The van der Waals surface area contributed by atoms with E-state index in [9.17, 15) is 29.4 Å². The van der Waals surface area contributed by atoms with Crippen molar-refractivity contribution in [3.63, 3.8) is 0 Å². The fraction of sp³-hybridized carbons (Fsp3) is 0.389. The van der Waals surface area contributed by atoms with Crippen molar-refractivity contribution in [2.75, 3.05) is 73.1 Å². The molecule has 0 bridgehead atoms. The van der Waals surface area contributed by atoms with E-state index < -0.39 is 35.4 Å². The second-order valence-electron chi connectivity index (χ2n) is 18.3. The van der Waals surface area contributed by atoms with Crippen LogP contribution in [0.3, 0.4) is 0 Å². The maximum atomic E-state index is 14.0. The third-order valence-corrected chi connectivity index (χ3v) is 14.1. The number of phenols is 1. The average molecular weight is 1020 g/mol. The van der Waals surface area contributed by atoms with Crippen molar-refractivity contribution in [2.24, 2.45) is 5.41 Å². The molecule has 1 aliphatic heterocycles. The molecule has 4 aromatic carbocycles. The summed E-state index contributed by atoms with van der Waals surface area (Å²) in [4.78, 5) is 61.8. The van der Waals surface area contributed by atoms with Gasteiger partial charge in [0.05, 0.1) is 75.5 Å². The minimum atomic E-state index is -0.975. The number of thiazole rings is 1. The summed E-state index contributed by atoms with van der Waals surface area (Å²) in [5.41, 5.74) is 5.93. The van der Waals surface area contributed by atoms with Gasteiger partial charge in [-0.25, -0.2) is 4.98 Å².